The third-order valence-electron chi connectivity index (χ3n) is 4.77. The highest BCUT2D eigenvalue weighted by atomic mass is 32.1. The molecule has 3 amide bonds. The molecule has 1 aromatic heterocycles. The highest BCUT2D eigenvalue weighted by Gasteiger charge is 2.24. The second-order valence-corrected chi connectivity index (χ2v) is 7.70. The number of carbonyl (C=O) groups is 3. The summed E-state index contributed by atoms with van der Waals surface area (Å²) in [5, 5.41) is 8.88. The maximum atomic E-state index is 12.5. The van der Waals surface area contributed by atoms with Crippen LogP contribution in [-0.2, 0) is 9.59 Å². The maximum Gasteiger partial charge on any atom is 0.261 e. The summed E-state index contributed by atoms with van der Waals surface area (Å²) in [5.41, 5.74) is 3.35. The van der Waals surface area contributed by atoms with E-state index < -0.39 is 0 Å². The van der Waals surface area contributed by atoms with E-state index in [9.17, 15) is 14.4 Å². The fraction of sp³-hybridized carbons (Fsp3) is 0.556. The van der Waals surface area contributed by atoms with Crippen molar-refractivity contribution in [2.75, 3.05) is 19.6 Å². The van der Waals surface area contributed by atoms with E-state index >= 15 is 0 Å². The van der Waals surface area contributed by atoms with Gasteiger partial charge in [-0.3, -0.25) is 14.4 Å². The number of thiophene rings is 1. The quantitative estimate of drug-likeness (QED) is 0.793. The van der Waals surface area contributed by atoms with Gasteiger partial charge in [0.05, 0.1) is 4.88 Å². The van der Waals surface area contributed by atoms with Gasteiger partial charge < -0.3 is 10.2 Å². The molecule has 1 fully saturated rings. The number of piperidine rings is 1. The zero-order valence-electron chi connectivity index (χ0n) is 14.7. The first-order valence-corrected chi connectivity index (χ1v) is 9.93. The molecule has 0 spiro atoms. The normalized spacial score (nSPS) is 20.3. The molecule has 1 atom stereocenters. The highest BCUT2D eigenvalue weighted by molar-refractivity contribution is 7.12. The van der Waals surface area contributed by atoms with Crippen molar-refractivity contribution in [3.05, 3.63) is 22.4 Å². The molecule has 1 aromatic rings. The van der Waals surface area contributed by atoms with Crippen LogP contribution in [0, 0.1) is 5.92 Å². The Hall–Kier alpha value is -2.22. The van der Waals surface area contributed by atoms with Gasteiger partial charge in [0.15, 0.2) is 0 Å². The van der Waals surface area contributed by atoms with E-state index in [2.05, 4.69) is 15.8 Å². The van der Waals surface area contributed by atoms with Crippen LogP contribution in [0.15, 0.2) is 22.6 Å². The van der Waals surface area contributed by atoms with E-state index in [1.165, 1.54) is 11.3 Å². The molecular weight excluding hydrogens is 352 g/mol. The van der Waals surface area contributed by atoms with Gasteiger partial charge in [-0.1, -0.05) is 6.07 Å². The van der Waals surface area contributed by atoms with Gasteiger partial charge in [0.25, 0.3) is 5.91 Å². The van der Waals surface area contributed by atoms with Crippen LogP contribution in [0.4, 0.5) is 0 Å². The zero-order chi connectivity index (χ0) is 18.4. The Morgan fingerprint density at radius 3 is 3.00 bits per heavy atom. The van der Waals surface area contributed by atoms with Crippen LogP contribution in [0.3, 0.4) is 0 Å². The SMILES string of the molecule is O=C1CCC(CCC(=O)N2CCCC(CNC(=O)c3cccs3)C2)=NN1. The summed E-state index contributed by atoms with van der Waals surface area (Å²) in [6.45, 7) is 2.06. The molecule has 0 saturated carbocycles. The van der Waals surface area contributed by atoms with Gasteiger partial charge >= 0.3 is 0 Å². The lowest BCUT2D eigenvalue weighted by atomic mass is 9.97. The number of carbonyl (C=O) groups excluding carboxylic acids is 3. The summed E-state index contributed by atoms with van der Waals surface area (Å²) >= 11 is 1.43. The molecule has 1 saturated heterocycles. The molecule has 140 valence electrons. The number of nitrogens with zero attached hydrogens (tertiary/aromatic N) is 2. The number of amides is 3. The molecule has 2 aliphatic rings. The van der Waals surface area contributed by atoms with E-state index in [1.54, 1.807) is 0 Å². The van der Waals surface area contributed by atoms with Crippen molar-refractivity contribution in [1.82, 2.24) is 15.6 Å². The highest BCUT2D eigenvalue weighted by Crippen LogP contribution is 2.18. The van der Waals surface area contributed by atoms with Gasteiger partial charge in [-0.2, -0.15) is 5.10 Å². The average molecular weight is 376 g/mol. The fourth-order valence-electron chi connectivity index (χ4n) is 3.29. The van der Waals surface area contributed by atoms with E-state index in [1.807, 2.05) is 22.4 Å². The lowest BCUT2D eigenvalue weighted by Gasteiger charge is -2.33. The van der Waals surface area contributed by atoms with Crippen molar-refractivity contribution in [3.63, 3.8) is 0 Å². The van der Waals surface area contributed by atoms with Crippen LogP contribution in [-0.4, -0.2) is 48.0 Å². The molecule has 0 radical (unpaired) electrons. The van der Waals surface area contributed by atoms with Gasteiger partial charge in [0.2, 0.25) is 11.8 Å². The minimum atomic E-state index is -0.0662. The molecule has 7 nitrogen and oxygen atoms in total. The largest absolute Gasteiger partial charge is 0.351 e. The zero-order valence-corrected chi connectivity index (χ0v) is 15.5. The number of hydrogen-bond acceptors (Lipinski definition) is 5. The van der Waals surface area contributed by atoms with Crippen LogP contribution in [0.5, 0.6) is 0 Å². The molecule has 3 rings (SSSR count). The number of rotatable bonds is 6. The topological polar surface area (TPSA) is 90.9 Å². The Morgan fingerprint density at radius 2 is 2.27 bits per heavy atom. The Kier molecular flexibility index (Phi) is 6.38. The monoisotopic (exact) mass is 376 g/mol. The summed E-state index contributed by atoms with van der Waals surface area (Å²) in [6.07, 6.45) is 4.08. The number of hydrazone groups is 1. The van der Waals surface area contributed by atoms with Crippen molar-refractivity contribution < 1.29 is 14.4 Å². The molecule has 3 heterocycles. The number of hydrogen-bond donors (Lipinski definition) is 2. The first-order valence-electron chi connectivity index (χ1n) is 9.05. The van der Waals surface area contributed by atoms with Crippen molar-refractivity contribution >= 4 is 34.8 Å². The maximum absolute atomic E-state index is 12.5. The number of likely N-dealkylation sites (tertiary alicyclic amines) is 1. The Labute approximate surface area is 156 Å². The van der Waals surface area contributed by atoms with E-state index in [0.29, 0.717) is 49.6 Å². The van der Waals surface area contributed by atoms with Gasteiger partial charge in [-0.25, -0.2) is 5.43 Å². The van der Waals surface area contributed by atoms with Gasteiger partial charge in [-0.15, -0.1) is 11.3 Å². The summed E-state index contributed by atoms with van der Waals surface area (Å²) in [5.74, 6) is 0.311. The minimum absolute atomic E-state index is 0.0409. The predicted octanol–water partition coefficient (Wildman–Crippen LogP) is 1.76. The van der Waals surface area contributed by atoms with E-state index in [4.69, 9.17) is 0 Å². The molecule has 0 bridgehead atoms. The van der Waals surface area contributed by atoms with E-state index in [0.717, 1.165) is 25.1 Å². The fourth-order valence-corrected chi connectivity index (χ4v) is 3.93. The molecule has 2 aliphatic heterocycles. The molecule has 8 heteroatoms. The first-order chi connectivity index (χ1) is 12.6. The van der Waals surface area contributed by atoms with E-state index in [-0.39, 0.29) is 17.7 Å². The average Bonchev–Trinajstić information content (AvgIpc) is 3.20. The molecule has 2 N–H and O–H groups in total. The Bertz CT molecular complexity index is 687. The third-order valence-corrected chi connectivity index (χ3v) is 5.64. The van der Waals surface area contributed by atoms with Gasteiger partial charge in [-0.05, 0) is 43.0 Å². The summed E-state index contributed by atoms with van der Waals surface area (Å²) < 4.78 is 0. The molecule has 26 heavy (non-hydrogen) atoms. The van der Waals surface area contributed by atoms with Crippen molar-refractivity contribution in [2.24, 2.45) is 11.0 Å². The van der Waals surface area contributed by atoms with Crippen LogP contribution in [0.2, 0.25) is 0 Å². The summed E-state index contributed by atoms with van der Waals surface area (Å²) in [4.78, 5) is 38.2. The Balaban J connectivity index is 1.41. The van der Waals surface area contributed by atoms with Gasteiger partial charge in [0, 0.05) is 38.2 Å². The van der Waals surface area contributed by atoms with Crippen LogP contribution < -0.4 is 10.7 Å². The third kappa shape index (κ3) is 5.14. The minimum Gasteiger partial charge on any atom is -0.351 e. The Morgan fingerprint density at radius 1 is 1.38 bits per heavy atom. The van der Waals surface area contributed by atoms with Crippen LogP contribution in [0.1, 0.15) is 48.2 Å². The number of nitrogens with one attached hydrogen (secondary N) is 2. The molecule has 0 aliphatic carbocycles. The van der Waals surface area contributed by atoms with Gasteiger partial charge in [0.1, 0.15) is 0 Å². The van der Waals surface area contributed by atoms with Crippen LogP contribution in [0.25, 0.3) is 0 Å². The summed E-state index contributed by atoms with van der Waals surface area (Å²) in [6, 6.07) is 3.68. The second kappa shape index (κ2) is 8.93. The van der Waals surface area contributed by atoms with Crippen molar-refractivity contribution in [2.45, 2.75) is 38.5 Å². The second-order valence-electron chi connectivity index (χ2n) is 6.75. The molecular formula is C18H24N4O3S. The summed E-state index contributed by atoms with van der Waals surface area (Å²) in [7, 11) is 0. The first kappa shape index (κ1) is 18.6. The lowest BCUT2D eigenvalue weighted by molar-refractivity contribution is -0.132. The molecule has 1 unspecified atom stereocenters. The lowest BCUT2D eigenvalue weighted by Crippen LogP contribution is -2.43. The standard InChI is InChI=1S/C18H24N4O3S/c23-16-7-5-14(20-21-16)6-8-17(24)22-9-1-3-13(12-22)11-19-18(25)15-4-2-10-26-15/h2,4,10,13H,1,3,5-9,11-12H2,(H,19,25)(H,21,23). The van der Waals surface area contributed by atoms with Crippen molar-refractivity contribution in [3.8, 4) is 0 Å². The van der Waals surface area contributed by atoms with Crippen LogP contribution >= 0.6 is 11.3 Å². The molecule has 0 aromatic carbocycles. The smallest absolute Gasteiger partial charge is 0.261 e. The predicted molar refractivity (Wildman–Crippen MR) is 100 cm³/mol. The van der Waals surface area contributed by atoms with Crippen molar-refractivity contribution in [1.29, 1.82) is 0 Å².